The van der Waals surface area contributed by atoms with Gasteiger partial charge in [0.1, 0.15) is 5.56 Å². The topological polar surface area (TPSA) is 48.3 Å². The fourth-order valence-corrected chi connectivity index (χ4v) is 1.93. The molecule has 5 heteroatoms. The monoisotopic (exact) mass is 277 g/mol. The van der Waals surface area contributed by atoms with Crippen molar-refractivity contribution in [2.45, 2.75) is 6.54 Å². The molecule has 0 saturated carbocycles. The molecule has 0 aliphatic heterocycles. The molecule has 0 radical (unpaired) electrons. The number of carbonyl (C=O) groups excluding carboxylic acids is 1. The van der Waals surface area contributed by atoms with Crippen LogP contribution in [0.2, 0.25) is 5.02 Å². The van der Waals surface area contributed by atoms with Crippen molar-refractivity contribution in [3.8, 4) is 0 Å². The minimum atomic E-state index is -0.640. The largest absolute Gasteiger partial charge is 0.465 e. The minimum absolute atomic E-state index is 0.0112. The van der Waals surface area contributed by atoms with E-state index < -0.39 is 11.5 Å². The van der Waals surface area contributed by atoms with Crippen molar-refractivity contribution in [3.05, 3.63) is 69.1 Å². The summed E-state index contributed by atoms with van der Waals surface area (Å²) in [4.78, 5) is 23.5. The molecule has 98 valence electrons. The number of pyridine rings is 1. The molecule has 0 unspecified atom stereocenters. The maximum absolute atomic E-state index is 12.1. The van der Waals surface area contributed by atoms with E-state index in [1.54, 1.807) is 18.3 Å². The quantitative estimate of drug-likeness (QED) is 0.809. The van der Waals surface area contributed by atoms with Gasteiger partial charge in [0.05, 0.1) is 13.7 Å². The predicted molar refractivity (Wildman–Crippen MR) is 72.6 cm³/mol. The highest BCUT2D eigenvalue weighted by molar-refractivity contribution is 6.31. The second-order valence-electron chi connectivity index (χ2n) is 3.94. The molecule has 0 aliphatic rings. The second-order valence-corrected chi connectivity index (χ2v) is 4.35. The van der Waals surface area contributed by atoms with Crippen molar-refractivity contribution < 1.29 is 9.53 Å². The van der Waals surface area contributed by atoms with E-state index in [2.05, 4.69) is 4.74 Å². The molecular weight excluding hydrogens is 266 g/mol. The van der Waals surface area contributed by atoms with Crippen molar-refractivity contribution in [1.29, 1.82) is 0 Å². The zero-order valence-corrected chi connectivity index (χ0v) is 11.1. The molecular formula is C14H12ClNO3. The van der Waals surface area contributed by atoms with Gasteiger partial charge < -0.3 is 9.30 Å². The third kappa shape index (κ3) is 2.85. The zero-order chi connectivity index (χ0) is 13.8. The lowest BCUT2D eigenvalue weighted by Crippen LogP contribution is -2.26. The lowest BCUT2D eigenvalue weighted by Gasteiger charge is -2.08. The Morgan fingerprint density at radius 1 is 1.26 bits per heavy atom. The van der Waals surface area contributed by atoms with Crippen LogP contribution >= 0.6 is 11.6 Å². The van der Waals surface area contributed by atoms with Gasteiger partial charge >= 0.3 is 5.97 Å². The van der Waals surface area contributed by atoms with E-state index in [9.17, 15) is 9.59 Å². The van der Waals surface area contributed by atoms with Crippen LogP contribution in [0.1, 0.15) is 15.9 Å². The number of hydrogen-bond acceptors (Lipinski definition) is 3. The zero-order valence-electron chi connectivity index (χ0n) is 10.3. The van der Waals surface area contributed by atoms with Crippen LogP contribution in [-0.2, 0) is 11.3 Å². The Bertz CT molecular complexity index is 664. The van der Waals surface area contributed by atoms with E-state index in [-0.39, 0.29) is 5.56 Å². The van der Waals surface area contributed by atoms with Crippen LogP contribution in [0, 0.1) is 0 Å². The number of hydrogen-bond donors (Lipinski definition) is 0. The average Bonchev–Trinajstić information content (AvgIpc) is 2.42. The van der Waals surface area contributed by atoms with E-state index in [4.69, 9.17) is 11.6 Å². The first-order valence-electron chi connectivity index (χ1n) is 5.64. The predicted octanol–water partition coefficient (Wildman–Crippen LogP) is 2.34. The standard InChI is InChI=1S/C14H12ClNO3/c1-19-14(18)11-6-4-8-16(13(11)17)9-10-5-2-3-7-12(10)15/h2-8H,9H2,1H3. The number of halogens is 1. The molecule has 0 saturated heterocycles. The number of carbonyl (C=O) groups is 1. The van der Waals surface area contributed by atoms with E-state index in [1.807, 2.05) is 18.2 Å². The average molecular weight is 278 g/mol. The number of ether oxygens (including phenoxy) is 1. The summed E-state index contributed by atoms with van der Waals surface area (Å²) in [5.41, 5.74) is 0.430. The van der Waals surface area contributed by atoms with Crippen LogP contribution in [0.3, 0.4) is 0 Å². The summed E-state index contributed by atoms with van der Waals surface area (Å²) in [7, 11) is 1.24. The van der Waals surface area contributed by atoms with Gasteiger partial charge in [0.2, 0.25) is 0 Å². The molecule has 0 aliphatic carbocycles. The van der Waals surface area contributed by atoms with Crippen LogP contribution in [0.15, 0.2) is 47.4 Å². The first-order valence-corrected chi connectivity index (χ1v) is 6.02. The smallest absolute Gasteiger partial charge is 0.343 e. The van der Waals surface area contributed by atoms with E-state index in [1.165, 1.54) is 17.7 Å². The highest BCUT2D eigenvalue weighted by Crippen LogP contribution is 2.15. The first-order chi connectivity index (χ1) is 9.13. The Hall–Kier alpha value is -2.07. The molecule has 0 atom stereocenters. The summed E-state index contributed by atoms with van der Waals surface area (Å²) in [6.45, 7) is 0.309. The molecule has 19 heavy (non-hydrogen) atoms. The second kappa shape index (κ2) is 5.71. The van der Waals surface area contributed by atoms with Gasteiger partial charge in [-0.1, -0.05) is 29.8 Å². The molecule has 4 nitrogen and oxygen atoms in total. The maximum atomic E-state index is 12.1. The summed E-state index contributed by atoms with van der Waals surface area (Å²) in [6, 6.07) is 10.3. The molecule has 0 bridgehead atoms. The summed E-state index contributed by atoms with van der Waals surface area (Å²) in [6.07, 6.45) is 1.61. The van der Waals surface area contributed by atoms with Gasteiger partial charge in [-0.3, -0.25) is 4.79 Å². The summed E-state index contributed by atoms with van der Waals surface area (Å²) < 4.78 is 5.99. The van der Waals surface area contributed by atoms with Gasteiger partial charge in [-0.25, -0.2) is 4.79 Å². The van der Waals surface area contributed by atoms with Crippen molar-refractivity contribution in [2.24, 2.45) is 0 Å². The van der Waals surface area contributed by atoms with Gasteiger partial charge in [0.25, 0.3) is 5.56 Å². The number of rotatable bonds is 3. The molecule has 1 aromatic carbocycles. The number of benzene rings is 1. The SMILES string of the molecule is COC(=O)c1cccn(Cc2ccccc2Cl)c1=O. The molecule has 0 N–H and O–H groups in total. The third-order valence-corrected chi connectivity index (χ3v) is 3.09. The number of methoxy groups -OCH3 is 1. The fourth-order valence-electron chi connectivity index (χ4n) is 1.74. The number of aromatic nitrogens is 1. The Kier molecular flexibility index (Phi) is 4.02. The Labute approximate surface area is 115 Å². The fraction of sp³-hybridized carbons (Fsp3) is 0.143. The number of esters is 1. The van der Waals surface area contributed by atoms with E-state index in [0.717, 1.165) is 5.56 Å². The van der Waals surface area contributed by atoms with Crippen LogP contribution in [0.4, 0.5) is 0 Å². The molecule has 0 amide bonds. The minimum Gasteiger partial charge on any atom is -0.465 e. The van der Waals surface area contributed by atoms with E-state index >= 15 is 0 Å². The van der Waals surface area contributed by atoms with Gasteiger partial charge in [0.15, 0.2) is 0 Å². The van der Waals surface area contributed by atoms with Crippen molar-refractivity contribution >= 4 is 17.6 Å². The van der Waals surface area contributed by atoms with Gasteiger partial charge in [0, 0.05) is 11.2 Å². The van der Waals surface area contributed by atoms with Crippen LogP contribution in [-0.4, -0.2) is 17.6 Å². The molecule has 1 aromatic heterocycles. The first kappa shape index (κ1) is 13.4. The lowest BCUT2D eigenvalue weighted by atomic mass is 10.2. The van der Waals surface area contributed by atoms with E-state index in [0.29, 0.717) is 11.6 Å². The highest BCUT2D eigenvalue weighted by Gasteiger charge is 2.12. The molecule has 2 aromatic rings. The summed E-state index contributed by atoms with van der Waals surface area (Å²) in [5.74, 6) is -0.640. The van der Waals surface area contributed by atoms with Crippen molar-refractivity contribution in [3.63, 3.8) is 0 Å². The molecule has 1 heterocycles. The van der Waals surface area contributed by atoms with Crippen molar-refractivity contribution in [2.75, 3.05) is 7.11 Å². The van der Waals surface area contributed by atoms with Gasteiger partial charge in [-0.05, 0) is 23.8 Å². The Balaban J connectivity index is 2.40. The van der Waals surface area contributed by atoms with Crippen LogP contribution < -0.4 is 5.56 Å². The van der Waals surface area contributed by atoms with Crippen molar-refractivity contribution in [1.82, 2.24) is 4.57 Å². The molecule has 0 fully saturated rings. The lowest BCUT2D eigenvalue weighted by molar-refractivity contribution is 0.0598. The summed E-state index contributed by atoms with van der Waals surface area (Å²) >= 11 is 6.05. The Morgan fingerprint density at radius 2 is 2.00 bits per heavy atom. The third-order valence-electron chi connectivity index (χ3n) is 2.72. The summed E-state index contributed by atoms with van der Waals surface area (Å²) in [5, 5.41) is 0.581. The highest BCUT2D eigenvalue weighted by atomic mass is 35.5. The number of nitrogens with zero attached hydrogens (tertiary/aromatic N) is 1. The molecule has 2 rings (SSSR count). The normalized spacial score (nSPS) is 10.2. The van der Waals surface area contributed by atoms with Crippen LogP contribution in [0.5, 0.6) is 0 Å². The van der Waals surface area contributed by atoms with Gasteiger partial charge in [-0.2, -0.15) is 0 Å². The maximum Gasteiger partial charge on any atom is 0.343 e. The van der Waals surface area contributed by atoms with Crippen LogP contribution in [0.25, 0.3) is 0 Å². The Morgan fingerprint density at radius 3 is 2.68 bits per heavy atom. The molecule has 0 spiro atoms. The van der Waals surface area contributed by atoms with Gasteiger partial charge in [-0.15, -0.1) is 0 Å².